The molecule has 2 aromatic heterocycles. The minimum Gasteiger partial charge on any atom is -0.417 e. The average Bonchev–Trinajstić information content (AvgIpc) is 2.86. The Kier molecular flexibility index (Phi) is 3.40. The molecule has 0 saturated heterocycles. The predicted molar refractivity (Wildman–Crippen MR) is 73.1 cm³/mol. The molecule has 0 fully saturated rings. The van der Waals surface area contributed by atoms with Gasteiger partial charge < -0.3 is 9.47 Å². The highest BCUT2D eigenvalue weighted by Crippen LogP contribution is 2.30. The van der Waals surface area contributed by atoms with E-state index in [0.29, 0.717) is 5.69 Å². The van der Waals surface area contributed by atoms with Gasteiger partial charge in [-0.3, -0.25) is 15.2 Å². The molecule has 0 aromatic carbocycles. The molecule has 110 valence electrons. The summed E-state index contributed by atoms with van der Waals surface area (Å²) in [6.45, 7) is 0. The van der Waals surface area contributed by atoms with Crippen molar-refractivity contribution in [3.8, 4) is 11.6 Å². The van der Waals surface area contributed by atoms with E-state index < -0.39 is 17.5 Å². The van der Waals surface area contributed by atoms with Gasteiger partial charge in [0.2, 0.25) is 0 Å². The zero-order valence-electron chi connectivity index (χ0n) is 11.1. The fourth-order valence-corrected chi connectivity index (χ4v) is 1.78. The fourth-order valence-electron chi connectivity index (χ4n) is 1.78. The molecule has 1 aliphatic rings. The van der Waals surface area contributed by atoms with E-state index in [-0.39, 0.29) is 17.9 Å². The Morgan fingerprint density at radius 2 is 1.91 bits per heavy atom. The standard InChI is InChI=1S/C14H9N3O5/c18-8-9-7-12(19)21-11-3-6-17(13(11)22-14(9)20)16-10-1-4-15-5-2-10/h1-8H,(H,15,16)/b9-7-. The van der Waals surface area contributed by atoms with E-state index in [2.05, 4.69) is 10.4 Å². The summed E-state index contributed by atoms with van der Waals surface area (Å²) in [5.74, 6) is -1.75. The van der Waals surface area contributed by atoms with Crippen molar-refractivity contribution in [2.24, 2.45) is 0 Å². The van der Waals surface area contributed by atoms with E-state index in [4.69, 9.17) is 9.47 Å². The van der Waals surface area contributed by atoms with Crippen molar-refractivity contribution in [3.63, 3.8) is 0 Å². The number of fused-ring (bicyclic) bond motifs is 1. The van der Waals surface area contributed by atoms with E-state index in [1.54, 1.807) is 24.5 Å². The number of aromatic nitrogens is 2. The van der Waals surface area contributed by atoms with Crippen LogP contribution >= 0.6 is 0 Å². The number of hydrogen-bond acceptors (Lipinski definition) is 7. The SMILES string of the molecule is O=C/C1=C/C(=O)Oc2ccn(Nc3ccncc3)c2OC1=O. The number of anilines is 1. The molecule has 22 heavy (non-hydrogen) atoms. The van der Waals surface area contributed by atoms with Gasteiger partial charge >= 0.3 is 11.9 Å². The maximum atomic E-state index is 11.8. The minimum atomic E-state index is -0.940. The van der Waals surface area contributed by atoms with Crippen LogP contribution in [-0.4, -0.2) is 27.9 Å². The normalized spacial score (nSPS) is 16.3. The van der Waals surface area contributed by atoms with Crippen molar-refractivity contribution < 1.29 is 23.9 Å². The lowest BCUT2D eigenvalue weighted by Gasteiger charge is -2.14. The van der Waals surface area contributed by atoms with Gasteiger partial charge in [-0.15, -0.1) is 0 Å². The van der Waals surface area contributed by atoms with Crippen LogP contribution < -0.4 is 14.9 Å². The molecule has 1 N–H and O–H groups in total. The number of pyridine rings is 1. The topological polar surface area (TPSA) is 99.5 Å². The van der Waals surface area contributed by atoms with Gasteiger partial charge in [0.15, 0.2) is 12.0 Å². The smallest absolute Gasteiger partial charge is 0.348 e. The van der Waals surface area contributed by atoms with Crippen molar-refractivity contribution in [2.45, 2.75) is 0 Å². The van der Waals surface area contributed by atoms with Crippen LogP contribution in [0.15, 0.2) is 48.4 Å². The Morgan fingerprint density at radius 3 is 2.64 bits per heavy atom. The highest BCUT2D eigenvalue weighted by atomic mass is 16.6. The summed E-state index contributed by atoms with van der Waals surface area (Å²) >= 11 is 0. The first-order chi connectivity index (χ1) is 10.7. The maximum absolute atomic E-state index is 11.8. The Bertz CT molecular complexity index is 779. The molecule has 0 aliphatic carbocycles. The molecule has 3 heterocycles. The number of rotatable bonds is 3. The number of hydrogen-bond donors (Lipinski definition) is 1. The summed E-state index contributed by atoms with van der Waals surface area (Å²) in [4.78, 5) is 38.1. The molecule has 0 atom stereocenters. The lowest BCUT2D eigenvalue weighted by Crippen LogP contribution is -2.21. The lowest BCUT2D eigenvalue weighted by molar-refractivity contribution is -0.135. The van der Waals surface area contributed by atoms with E-state index in [1.165, 1.54) is 16.9 Å². The summed E-state index contributed by atoms with van der Waals surface area (Å²) in [5.41, 5.74) is 3.18. The second kappa shape index (κ2) is 5.52. The second-order valence-corrected chi connectivity index (χ2v) is 4.23. The van der Waals surface area contributed by atoms with Crippen LogP contribution in [0.25, 0.3) is 0 Å². The van der Waals surface area contributed by atoms with E-state index in [9.17, 15) is 14.4 Å². The molecule has 0 spiro atoms. The third-order valence-electron chi connectivity index (χ3n) is 2.77. The number of carbonyl (C=O) groups excluding carboxylic acids is 3. The zero-order chi connectivity index (χ0) is 15.5. The summed E-state index contributed by atoms with van der Waals surface area (Å²) in [6, 6.07) is 4.84. The first-order valence-corrected chi connectivity index (χ1v) is 6.16. The molecule has 2 aromatic rings. The van der Waals surface area contributed by atoms with Crippen molar-refractivity contribution in [1.82, 2.24) is 9.66 Å². The lowest BCUT2D eigenvalue weighted by atomic mass is 10.3. The first kappa shape index (κ1) is 13.6. The largest absolute Gasteiger partial charge is 0.417 e. The highest BCUT2D eigenvalue weighted by Gasteiger charge is 2.24. The van der Waals surface area contributed by atoms with Gasteiger partial charge in [0.1, 0.15) is 5.57 Å². The molecule has 0 saturated carbocycles. The number of nitrogens with zero attached hydrogens (tertiary/aromatic N) is 2. The van der Waals surface area contributed by atoms with Crippen LogP contribution in [0.3, 0.4) is 0 Å². The van der Waals surface area contributed by atoms with Crippen molar-refractivity contribution in [3.05, 3.63) is 48.4 Å². The van der Waals surface area contributed by atoms with Gasteiger partial charge in [-0.05, 0) is 12.1 Å². The monoisotopic (exact) mass is 299 g/mol. The van der Waals surface area contributed by atoms with Gasteiger partial charge in [0.25, 0.3) is 5.88 Å². The second-order valence-electron chi connectivity index (χ2n) is 4.23. The van der Waals surface area contributed by atoms with Gasteiger partial charge in [0, 0.05) is 30.7 Å². The molecule has 1 aliphatic heterocycles. The third-order valence-corrected chi connectivity index (χ3v) is 2.77. The zero-order valence-corrected chi connectivity index (χ0v) is 11.1. The Hall–Kier alpha value is -3.42. The fraction of sp³-hybridized carbons (Fsp3) is 0. The quantitative estimate of drug-likeness (QED) is 0.506. The Balaban J connectivity index is 1.96. The molecular formula is C14H9N3O5. The maximum Gasteiger partial charge on any atom is 0.348 e. The van der Waals surface area contributed by atoms with Gasteiger partial charge in [0.05, 0.1) is 5.69 Å². The number of ether oxygens (including phenoxy) is 2. The number of nitrogens with one attached hydrogen (secondary N) is 1. The first-order valence-electron chi connectivity index (χ1n) is 6.16. The van der Waals surface area contributed by atoms with Crippen LogP contribution in [0.1, 0.15) is 0 Å². The summed E-state index contributed by atoms with van der Waals surface area (Å²) in [6.07, 6.45) is 5.69. The number of aldehydes is 1. The van der Waals surface area contributed by atoms with Crippen LogP contribution in [0.2, 0.25) is 0 Å². The molecule has 0 bridgehead atoms. The van der Waals surface area contributed by atoms with Crippen LogP contribution in [0, 0.1) is 0 Å². The molecule has 0 amide bonds. The molecule has 0 radical (unpaired) electrons. The number of esters is 2. The summed E-state index contributed by atoms with van der Waals surface area (Å²) in [7, 11) is 0. The molecule has 0 unspecified atom stereocenters. The summed E-state index contributed by atoms with van der Waals surface area (Å²) in [5, 5.41) is 0. The average molecular weight is 299 g/mol. The highest BCUT2D eigenvalue weighted by molar-refractivity contribution is 6.13. The van der Waals surface area contributed by atoms with Gasteiger partial charge in [-0.2, -0.15) is 0 Å². The predicted octanol–water partition coefficient (Wildman–Crippen LogP) is 0.708. The molecule has 3 rings (SSSR count). The molecular weight excluding hydrogens is 290 g/mol. The van der Waals surface area contributed by atoms with Crippen LogP contribution in [0.5, 0.6) is 11.6 Å². The number of carbonyl (C=O) groups is 3. The van der Waals surface area contributed by atoms with Gasteiger partial charge in [-0.25, -0.2) is 14.3 Å². The van der Waals surface area contributed by atoms with Crippen molar-refractivity contribution >= 4 is 23.9 Å². The van der Waals surface area contributed by atoms with Crippen molar-refractivity contribution in [1.29, 1.82) is 0 Å². The minimum absolute atomic E-state index is 0.0392. The van der Waals surface area contributed by atoms with Crippen LogP contribution in [-0.2, 0) is 14.4 Å². The van der Waals surface area contributed by atoms with Gasteiger partial charge in [-0.1, -0.05) is 0 Å². The summed E-state index contributed by atoms with van der Waals surface area (Å²) < 4.78 is 11.5. The van der Waals surface area contributed by atoms with Crippen LogP contribution in [0.4, 0.5) is 5.69 Å². The van der Waals surface area contributed by atoms with Crippen molar-refractivity contribution in [2.75, 3.05) is 5.43 Å². The van der Waals surface area contributed by atoms with E-state index >= 15 is 0 Å². The van der Waals surface area contributed by atoms with E-state index in [0.717, 1.165) is 6.08 Å². The molecule has 8 heteroatoms. The Labute approximate surface area is 123 Å². The third kappa shape index (κ3) is 2.57. The molecule has 8 nitrogen and oxygen atoms in total. The Morgan fingerprint density at radius 1 is 1.14 bits per heavy atom. The van der Waals surface area contributed by atoms with E-state index in [1.807, 2.05) is 0 Å².